The van der Waals surface area contributed by atoms with E-state index in [4.69, 9.17) is 9.47 Å². The van der Waals surface area contributed by atoms with E-state index < -0.39 is 11.8 Å². The monoisotopic (exact) mass is 322 g/mol. The van der Waals surface area contributed by atoms with Crippen LogP contribution in [-0.4, -0.2) is 37.7 Å². The molecule has 0 unspecified atom stereocenters. The Morgan fingerprint density at radius 2 is 1.74 bits per heavy atom. The topological polar surface area (TPSA) is 76.7 Å². The van der Waals surface area contributed by atoms with Gasteiger partial charge in [-0.3, -0.25) is 9.59 Å². The number of hydrogen-bond donors (Lipinski definition) is 2. The van der Waals surface area contributed by atoms with Crippen LogP contribution >= 0.6 is 0 Å². The van der Waals surface area contributed by atoms with Gasteiger partial charge in [0.2, 0.25) is 0 Å². The first-order valence-electron chi connectivity index (χ1n) is 7.92. The van der Waals surface area contributed by atoms with E-state index in [0.29, 0.717) is 32.7 Å². The van der Waals surface area contributed by atoms with Crippen LogP contribution in [0.2, 0.25) is 0 Å². The first-order chi connectivity index (χ1) is 11.0. The summed E-state index contributed by atoms with van der Waals surface area (Å²) in [5.74, 6) is -0.479. The predicted octanol–water partition coefficient (Wildman–Crippen LogP) is 1.63. The van der Waals surface area contributed by atoms with Crippen molar-refractivity contribution in [1.29, 1.82) is 0 Å². The Hall–Kier alpha value is -2.08. The highest BCUT2D eigenvalue weighted by Crippen LogP contribution is 2.11. The molecule has 0 heterocycles. The number of nitrogens with one attached hydrogen (secondary N) is 2. The van der Waals surface area contributed by atoms with Crippen molar-refractivity contribution < 1.29 is 19.1 Å². The largest absolute Gasteiger partial charge is 0.494 e. The quantitative estimate of drug-likeness (QED) is 0.535. The fourth-order valence-electron chi connectivity index (χ4n) is 1.81. The second-order valence-corrected chi connectivity index (χ2v) is 5.29. The van der Waals surface area contributed by atoms with Gasteiger partial charge in [-0.1, -0.05) is 12.1 Å². The van der Waals surface area contributed by atoms with Gasteiger partial charge in [-0.2, -0.15) is 0 Å². The average molecular weight is 322 g/mol. The maximum Gasteiger partial charge on any atom is 0.309 e. The highest BCUT2D eigenvalue weighted by molar-refractivity contribution is 6.35. The molecule has 0 aromatic heterocycles. The van der Waals surface area contributed by atoms with Crippen molar-refractivity contribution in [3.63, 3.8) is 0 Å². The molecule has 23 heavy (non-hydrogen) atoms. The molecule has 0 radical (unpaired) electrons. The lowest BCUT2D eigenvalue weighted by Crippen LogP contribution is -2.40. The van der Waals surface area contributed by atoms with Gasteiger partial charge in [0.05, 0.1) is 12.7 Å². The third-order valence-corrected chi connectivity index (χ3v) is 2.95. The molecule has 1 aromatic carbocycles. The standard InChI is InChI=1S/C17H26N2O4/c1-4-22-15-8-6-14(7-9-15)12-19-17(21)16(20)18-10-5-11-23-13(2)3/h6-9,13H,4-5,10-12H2,1-3H3,(H,18,20)(H,19,21). The van der Waals surface area contributed by atoms with Crippen LogP contribution in [0, 0.1) is 0 Å². The van der Waals surface area contributed by atoms with E-state index in [1.165, 1.54) is 0 Å². The third-order valence-electron chi connectivity index (χ3n) is 2.95. The van der Waals surface area contributed by atoms with Gasteiger partial charge < -0.3 is 20.1 Å². The van der Waals surface area contributed by atoms with Gasteiger partial charge in [0.15, 0.2) is 0 Å². The van der Waals surface area contributed by atoms with Gasteiger partial charge in [0.1, 0.15) is 5.75 Å². The number of carbonyl (C=O) groups excluding carboxylic acids is 2. The number of carbonyl (C=O) groups is 2. The molecule has 0 aliphatic rings. The summed E-state index contributed by atoms with van der Waals surface area (Å²) < 4.78 is 10.7. The summed E-state index contributed by atoms with van der Waals surface area (Å²) in [4.78, 5) is 23.3. The van der Waals surface area contributed by atoms with E-state index in [9.17, 15) is 9.59 Å². The van der Waals surface area contributed by atoms with Crippen molar-refractivity contribution in [3.05, 3.63) is 29.8 Å². The normalized spacial score (nSPS) is 10.4. The Labute approximate surface area is 137 Å². The van der Waals surface area contributed by atoms with Crippen LogP contribution in [0.25, 0.3) is 0 Å². The zero-order valence-electron chi connectivity index (χ0n) is 14.1. The molecule has 2 N–H and O–H groups in total. The summed E-state index contributed by atoms with van der Waals surface area (Å²) in [6.07, 6.45) is 0.846. The molecule has 0 saturated carbocycles. The minimum atomic E-state index is -0.635. The maximum absolute atomic E-state index is 11.7. The van der Waals surface area contributed by atoms with Gasteiger partial charge in [-0.05, 0) is 44.9 Å². The molecule has 0 saturated heterocycles. The number of hydrogen-bond acceptors (Lipinski definition) is 4. The van der Waals surface area contributed by atoms with Crippen molar-refractivity contribution in [3.8, 4) is 5.75 Å². The van der Waals surface area contributed by atoms with Crippen LogP contribution in [0.5, 0.6) is 5.75 Å². The van der Waals surface area contributed by atoms with Crippen molar-refractivity contribution in [2.45, 2.75) is 39.8 Å². The molecule has 128 valence electrons. The molecular weight excluding hydrogens is 296 g/mol. The summed E-state index contributed by atoms with van der Waals surface area (Å²) in [5, 5.41) is 5.15. The average Bonchev–Trinajstić information content (AvgIpc) is 2.53. The number of ether oxygens (including phenoxy) is 2. The van der Waals surface area contributed by atoms with Gasteiger partial charge in [-0.25, -0.2) is 0 Å². The van der Waals surface area contributed by atoms with Crippen molar-refractivity contribution in [1.82, 2.24) is 10.6 Å². The molecule has 6 heteroatoms. The van der Waals surface area contributed by atoms with Crippen LogP contribution in [0.3, 0.4) is 0 Å². The lowest BCUT2D eigenvalue weighted by molar-refractivity contribution is -0.139. The predicted molar refractivity (Wildman–Crippen MR) is 88.2 cm³/mol. The number of amides is 2. The Kier molecular flexibility index (Phi) is 8.75. The molecular formula is C17H26N2O4. The zero-order valence-corrected chi connectivity index (χ0v) is 14.1. The SMILES string of the molecule is CCOc1ccc(CNC(=O)C(=O)NCCCOC(C)C)cc1. The summed E-state index contributed by atoms with van der Waals surface area (Å²) in [6.45, 7) is 7.71. The smallest absolute Gasteiger partial charge is 0.309 e. The Morgan fingerprint density at radius 1 is 1.09 bits per heavy atom. The lowest BCUT2D eigenvalue weighted by atomic mass is 10.2. The molecule has 1 rings (SSSR count). The molecule has 0 bridgehead atoms. The van der Waals surface area contributed by atoms with E-state index in [0.717, 1.165) is 11.3 Å². The molecule has 0 atom stereocenters. The minimum absolute atomic E-state index is 0.170. The summed E-state index contributed by atoms with van der Waals surface area (Å²) >= 11 is 0. The Morgan fingerprint density at radius 3 is 2.35 bits per heavy atom. The summed E-state index contributed by atoms with van der Waals surface area (Å²) in [6, 6.07) is 7.37. The van der Waals surface area contributed by atoms with E-state index >= 15 is 0 Å². The van der Waals surface area contributed by atoms with Gasteiger partial charge >= 0.3 is 11.8 Å². The summed E-state index contributed by atoms with van der Waals surface area (Å²) in [7, 11) is 0. The highest BCUT2D eigenvalue weighted by Gasteiger charge is 2.12. The van der Waals surface area contributed by atoms with Crippen LogP contribution < -0.4 is 15.4 Å². The molecule has 0 spiro atoms. The number of rotatable bonds is 9. The molecule has 6 nitrogen and oxygen atoms in total. The Bertz CT molecular complexity index is 486. The van der Waals surface area contributed by atoms with Crippen LogP contribution in [0.15, 0.2) is 24.3 Å². The molecule has 0 fully saturated rings. The zero-order chi connectivity index (χ0) is 17.1. The van der Waals surface area contributed by atoms with Crippen molar-refractivity contribution >= 4 is 11.8 Å². The molecule has 1 aromatic rings. The van der Waals surface area contributed by atoms with E-state index in [1.54, 1.807) is 0 Å². The third kappa shape index (κ3) is 8.21. The molecule has 0 aliphatic heterocycles. The van der Waals surface area contributed by atoms with Gasteiger partial charge in [-0.15, -0.1) is 0 Å². The van der Waals surface area contributed by atoms with Crippen LogP contribution in [0.4, 0.5) is 0 Å². The van der Waals surface area contributed by atoms with Gasteiger partial charge in [0.25, 0.3) is 0 Å². The van der Waals surface area contributed by atoms with Gasteiger partial charge in [0, 0.05) is 19.7 Å². The van der Waals surface area contributed by atoms with E-state index in [-0.39, 0.29) is 6.10 Å². The maximum atomic E-state index is 11.7. The first-order valence-corrected chi connectivity index (χ1v) is 7.92. The fourth-order valence-corrected chi connectivity index (χ4v) is 1.81. The van der Waals surface area contributed by atoms with Crippen molar-refractivity contribution in [2.24, 2.45) is 0 Å². The van der Waals surface area contributed by atoms with Crippen LogP contribution in [0.1, 0.15) is 32.8 Å². The fraction of sp³-hybridized carbons (Fsp3) is 0.529. The van der Waals surface area contributed by atoms with E-state index in [2.05, 4.69) is 10.6 Å². The Balaban J connectivity index is 2.23. The van der Waals surface area contributed by atoms with E-state index in [1.807, 2.05) is 45.0 Å². The molecule has 2 amide bonds. The second kappa shape index (κ2) is 10.6. The lowest BCUT2D eigenvalue weighted by Gasteiger charge is -2.09. The van der Waals surface area contributed by atoms with Crippen molar-refractivity contribution in [2.75, 3.05) is 19.8 Å². The summed E-state index contributed by atoms with van der Waals surface area (Å²) in [5.41, 5.74) is 0.903. The highest BCUT2D eigenvalue weighted by atomic mass is 16.5. The number of benzene rings is 1. The molecule has 0 aliphatic carbocycles. The minimum Gasteiger partial charge on any atom is -0.494 e. The first kappa shape index (κ1) is 19.0. The second-order valence-electron chi connectivity index (χ2n) is 5.29. The van der Waals surface area contributed by atoms with Crippen LogP contribution in [-0.2, 0) is 20.9 Å².